The maximum Gasteiger partial charge on any atom is 0.404 e. The molecule has 4 N–H and O–H groups in total. The second-order valence-corrected chi connectivity index (χ2v) is 5.99. The molecule has 1 aromatic carbocycles. The van der Waals surface area contributed by atoms with Gasteiger partial charge in [0.25, 0.3) is 0 Å². The van der Waals surface area contributed by atoms with Crippen LogP contribution in [0.3, 0.4) is 0 Å². The zero-order valence-corrected chi connectivity index (χ0v) is 12.0. The molecule has 0 aliphatic heterocycles. The van der Waals surface area contributed by atoms with Crippen molar-refractivity contribution in [3.8, 4) is 0 Å². The van der Waals surface area contributed by atoms with E-state index in [-0.39, 0.29) is 29.7 Å². The second-order valence-electron chi connectivity index (χ2n) is 3.71. The van der Waals surface area contributed by atoms with Gasteiger partial charge in [0.05, 0.1) is 16.7 Å². The van der Waals surface area contributed by atoms with Gasteiger partial charge in [0.1, 0.15) is 6.61 Å². The fourth-order valence-corrected chi connectivity index (χ4v) is 2.24. The summed E-state index contributed by atoms with van der Waals surface area (Å²) in [5.74, 6) is 0.0448. The summed E-state index contributed by atoms with van der Waals surface area (Å²) in [5.41, 5.74) is 11.2. The number of carbonyl (C=O) groups excluding carboxylic acids is 1. The number of ether oxygens (including phenoxy) is 1. The number of hydrogen-bond acceptors (Lipinski definition) is 5. The van der Waals surface area contributed by atoms with Crippen LogP contribution in [0.4, 0.5) is 4.79 Å². The minimum atomic E-state index is -3.21. The molecule has 0 radical (unpaired) electrons. The monoisotopic (exact) mass is 308 g/mol. The Morgan fingerprint density at radius 2 is 1.84 bits per heavy atom. The molecule has 0 aliphatic carbocycles. The third kappa shape index (κ3) is 5.06. The van der Waals surface area contributed by atoms with Crippen molar-refractivity contribution in [2.24, 2.45) is 11.5 Å². The van der Waals surface area contributed by atoms with Gasteiger partial charge >= 0.3 is 6.09 Å². The molecule has 0 saturated carbocycles. The molecule has 8 heteroatoms. The molecule has 6 nitrogen and oxygen atoms in total. The summed E-state index contributed by atoms with van der Waals surface area (Å²) >= 11 is 0. The van der Waals surface area contributed by atoms with E-state index in [1.165, 1.54) is 12.1 Å². The van der Waals surface area contributed by atoms with Crippen molar-refractivity contribution >= 4 is 28.3 Å². The van der Waals surface area contributed by atoms with Gasteiger partial charge in [-0.05, 0) is 17.7 Å². The number of halogens is 1. The highest BCUT2D eigenvalue weighted by atomic mass is 35.5. The van der Waals surface area contributed by atoms with E-state index in [1.54, 1.807) is 19.1 Å². The fourth-order valence-electron chi connectivity index (χ4n) is 1.36. The van der Waals surface area contributed by atoms with Crippen LogP contribution < -0.4 is 11.5 Å². The third-order valence-electron chi connectivity index (χ3n) is 2.45. The van der Waals surface area contributed by atoms with E-state index in [1.807, 2.05) is 0 Å². The van der Waals surface area contributed by atoms with Gasteiger partial charge in [0, 0.05) is 0 Å². The van der Waals surface area contributed by atoms with Crippen LogP contribution in [0.25, 0.3) is 0 Å². The molecule has 1 rings (SSSR count). The number of rotatable bonds is 5. The van der Waals surface area contributed by atoms with E-state index in [9.17, 15) is 13.2 Å². The molecule has 0 bridgehead atoms. The summed E-state index contributed by atoms with van der Waals surface area (Å²) in [6.07, 6.45) is -0.893. The van der Waals surface area contributed by atoms with E-state index in [4.69, 9.17) is 11.5 Å². The maximum atomic E-state index is 11.6. The van der Waals surface area contributed by atoms with Crippen LogP contribution >= 0.6 is 12.4 Å². The van der Waals surface area contributed by atoms with Crippen molar-refractivity contribution in [3.05, 3.63) is 29.8 Å². The Morgan fingerprint density at radius 3 is 2.26 bits per heavy atom. The van der Waals surface area contributed by atoms with E-state index < -0.39 is 22.0 Å². The number of hydrogen-bond donors (Lipinski definition) is 2. The van der Waals surface area contributed by atoms with Crippen molar-refractivity contribution < 1.29 is 17.9 Å². The molecular weight excluding hydrogens is 292 g/mol. The molecular formula is C11H17ClN2O4S. The Labute approximate surface area is 118 Å². The number of benzene rings is 1. The normalized spacial score (nSPS) is 12.3. The van der Waals surface area contributed by atoms with Gasteiger partial charge in [0.2, 0.25) is 0 Å². The molecule has 1 aromatic rings. The molecule has 1 amide bonds. The van der Waals surface area contributed by atoms with Crippen molar-refractivity contribution in [1.29, 1.82) is 0 Å². The van der Waals surface area contributed by atoms with Crippen LogP contribution in [0.5, 0.6) is 0 Å². The van der Waals surface area contributed by atoms with Crippen molar-refractivity contribution in [1.82, 2.24) is 0 Å². The van der Waals surface area contributed by atoms with E-state index in [2.05, 4.69) is 4.74 Å². The summed E-state index contributed by atoms with van der Waals surface area (Å²) in [7, 11) is -3.21. The summed E-state index contributed by atoms with van der Waals surface area (Å²) in [6.45, 7) is 1.53. The van der Waals surface area contributed by atoms with Gasteiger partial charge in [-0.15, -0.1) is 12.4 Å². The van der Waals surface area contributed by atoms with Gasteiger partial charge < -0.3 is 16.2 Å². The molecule has 1 atom stereocenters. The van der Waals surface area contributed by atoms with Crippen molar-refractivity contribution in [3.63, 3.8) is 0 Å². The van der Waals surface area contributed by atoms with Gasteiger partial charge in [-0.25, -0.2) is 13.2 Å². The number of primary amides is 1. The number of nitrogens with two attached hydrogens (primary N) is 2. The minimum Gasteiger partial charge on any atom is -0.448 e. The number of carbonyl (C=O) groups is 1. The highest BCUT2D eigenvalue weighted by Crippen LogP contribution is 2.16. The number of sulfone groups is 1. The summed E-state index contributed by atoms with van der Waals surface area (Å²) in [6, 6.07) is 5.63. The van der Waals surface area contributed by atoms with E-state index >= 15 is 0 Å². The molecule has 108 valence electrons. The molecule has 0 aromatic heterocycles. The van der Waals surface area contributed by atoms with Crippen LogP contribution in [-0.4, -0.2) is 26.9 Å². The molecule has 19 heavy (non-hydrogen) atoms. The second kappa shape index (κ2) is 7.32. The molecule has 1 unspecified atom stereocenters. The Hall–Kier alpha value is -1.31. The maximum absolute atomic E-state index is 11.6. The Bertz CT molecular complexity index is 516. The Balaban J connectivity index is 0.00000324. The first-order valence-electron chi connectivity index (χ1n) is 5.37. The van der Waals surface area contributed by atoms with E-state index in [0.717, 1.165) is 0 Å². The topological polar surface area (TPSA) is 112 Å². The van der Waals surface area contributed by atoms with Gasteiger partial charge in [-0.1, -0.05) is 19.1 Å². The smallest absolute Gasteiger partial charge is 0.404 e. The quantitative estimate of drug-likeness (QED) is 0.842. The number of amides is 1. The Kier molecular flexibility index (Phi) is 6.82. The highest BCUT2D eigenvalue weighted by molar-refractivity contribution is 7.91. The molecule has 0 aliphatic rings. The lowest BCUT2D eigenvalue weighted by molar-refractivity contribution is 0.149. The molecule has 0 saturated heterocycles. The van der Waals surface area contributed by atoms with Crippen LogP contribution in [0.1, 0.15) is 18.5 Å². The first-order chi connectivity index (χ1) is 8.36. The first kappa shape index (κ1) is 17.7. The average Bonchev–Trinajstić information content (AvgIpc) is 2.36. The third-order valence-corrected chi connectivity index (χ3v) is 4.20. The van der Waals surface area contributed by atoms with Gasteiger partial charge in [-0.2, -0.15) is 0 Å². The van der Waals surface area contributed by atoms with Crippen molar-refractivity contribution in [2.45, 2.75) is 17.9 Å². The van der Waals surface area contributed by atoms with Gasteiger partial charge in [-0.3, -0.25) is 0 Å². The lowest BCUT2D eigenvalue weighted by Crippen LogP contribution is -2.22. The van der Waals surface area contributed by atoms with Crippen molar-refractivity contribution in [2.75, 3.05) is 12.4 Å². The molecule has 0 heterocycles. The molecule has 0 fully saturated rings. The van der Waals surface area contributed by atoms with Crippen LogP contribution in [0, 0.1) is 0 Å². The SMILES string of the molecule is CCS(=O)(=O)c1ccc(C(N)COC(N)=O)cc1.Cl. The summed E-state index contributed by atoms with van der Waals surface area (Å²) in [4.78, 5) is 10.7. The minimum absolute atomic E-state index is 0. The lowest BCUT2D eigenvalue weighted by Gasteiger charge is -2.12. The van der Waals surface area contributed by atoms with Gasteiger partial charge in [0.15, 0.2) is 9.84 Å². The highest BCUT2D eigenvalue weighted by Gasteiger charge is 2.13. The average molecular weight is 309 g/mol. The van der Waals surface area contributed by atoms with E-state index in [0.29, 0.717) is 5.56 Å². The van der Waals surface area contributed by atoms with Crippen LogP contribution in [-0.2, 0) is 14.6 Å². The lowest BCUT2D eigenvalue weighted by atomic mass is 10.1. The predicted octanol–water partition coefficient (Wildman–Crippen LogP) is 0.997. The zero-order chi connectivity index (χ0) is 13.8. The Morgan fingerprint density at radius 1 is 1.32 bits per heavy atom. The predicted molar refractivity (Wildman–Crippen MR) is 73.9 cm³/mol. The largest absolute Gasteiger partial charge is 0.448 e. The zero-order valence-electron chi connectivity index (χ0n) is 10.4. The summed E-state index contributed by atoms with van der Waals surface area (Å²) < 4.78 is 27.7. The fraction of sp³-hybridized carbons (Fsp3) is 0.364. The summed E-state index contributed by atoms with van der Waals surface area (Å²) in [5, 5.41) is 0. The first-order valence-corrected chi connectivity index (χ1v) is 7.02. The molecule has 0 spiro atoms. The van der Waals surface area contributed by atoms with Crippen LogP contribution in [0.2, 0.25) is 0 Å². The standard InChI is InChI=1S/C11H16N2O4S.ClH/c1-2-18(15,16)9-5-3-8(4-6-9)10(12)7-17-11(13)14;/h3-6,10H,2,7,12H2,1H3,(H2,13,14);1H. The van der Waals surface area contributed by atoms with Crippen LogP contribution in [0.15, 0.2) is 29.2 Å².